The number of hydrogen-bond donors (Lipinski definition) is 2. The molecule has 1 heterocycles. The van der Waals surface area contributed by atoms with E-state index in [1.165, 1.54) is 5.57 Å². The molecule has 0 aliphatic heterocycles. The molecule has 6 unspecified atom stereocenters. The standard InChI is InChI=1S/C29H37N3O3/c1-4-29(34)14-9-25-23-6-5-21-17-22(7-12-27(21,2)24(23)8-13-28(25,29)3)32-35-19-26(33)31-18-20-10-15-30-16-11-20/h1,10-11,15-17,23-25,34H,5-9,12-14,18-19H2,2-3H3,(H,31,33). The van der Waals surface area contributed by atoms with Gasteiger partial charge in [-0.2, -0.15) is 0 Å². The number of aliphatic hydroxyl groups is 1. The number of terminal acetylenes is 1. The topological polar surface area (TPSA) is 83.8 Å². The van der Waals surface area contributed by atoms with Crippen LogP contribution in [0.1, 0.15) is 70.8 Å². The molecule has 6 nitrogen and oxygen atoms in total. The molecule has 0 spiro atoms. The lowest BCUT2D eigenvalue weighted by Gasteiger charge is -2.58. The number of amides is 1. The molecule has 186 valence electrons. The Morgan fingerprint density at radius 1 is 1.20 bits per heavy atom. The van der Waals surface area contributed by atoms with Crippen molar-refractivity contribution in [2.24, 2.45) is 33.7 Å². The summed E-state index contributed by atoms with van der Waals surface area (Å²) < 4.78 is 0. The second kappa shape index (κ2) is 9.09. The lowest BCUT2D eigenvalue weighted by Crippen LogP contribution is -2.54. The van der Waals surface area contributed by atoms with Crippen molar-refractivity contribution in [3.05, 3.63) is 41.7 Å². The molecule has 1 aromatic heterocycles. The fourth-order valence-electron chi connectivity index (χ4n) is 7.82. The number of nitrogens with zero attached hydrogens (tertiary/aromatic N) is 2. The Kier molecular flexibility index (Phi) is 6.25. The molecule has 3 fully saturated rings. The minimum atomic E-state index is -0.950. The van der Waals surface area contributed by atoms with Crippen LogP contribution in [0.25, 0.3) is 0 Å². The minimum Gasteiger partial charge on any atom is -0.385 e. The Bertz CT molecular complexity index is 1080. The third kappa shape index (κ3) is 4.08. The summed E-state index contributed by atoms with van der Waals surface area (Å²) in [6.07, 6.45) is 19.5. The van der Waals surface area contributed by atoms with Crippen LogP contribution in [0.3, 0.4) is 0 Å². The van der Waals surface area contributed by atoms with Gasteiger partial charge in [0.25, 0.3) is 5.91 Å². The molecule has 2 N–H and O–H groups in total. The second-order valence-electron chi connectivity index (χ2n) is 11.5. The summed E-state index contributed by atoms with van der Waals surface area (Å²) in [6.45, 7) is 5.04. The molecule has 5 rings (SSSR count). The van der Waals surface area contributed by atoms with Gasteiger partial charge in [0.15, 0.2) is 6.61 Å². The maximum absolute atomic E-state index is 12.1. The summed E-state index contributed by atoms with van der Waals surface area (Å²) in [5.41, 5.74) is 2.46. The number of aromatic nitrogens is 1. The zero-order valence-electron chi connectivity index (χ0n) is 20.9. The molecular formula is C29H37N3O3. The van der Waals surface area contributed by atoms with Gasteiger partial charge in [0.2, 0.25) is 0 Å². The zero-order valence-corrected chi connectivity index (χ0v) is 20.9. The number of rotatable bonds is 5. The lowest BCUT2D eigenvalue weighted by atomic mass is 9.46. The van der Waals surface area contributed by atoms with E-state index in [2.05, 4.69) is 41.3 Å². The maximum atomic E-state index is 12.1. The first-order chi connectivity index (χ1) is 16.8. The lowest BCUT2D eigenvalue weighted by molar-refractivity contribution is -0.125. The van der Waals surface area contributed by atoms with Gasteiger partial charge in [-0.05, 0) is 98.3 Å². The van der Waals surface area contributed by atoms with E-state index in [9.17, 15) is 9.90 Å². The Balaban J connectivity index is 1.21. The fraction of sp³-hybridized carbons (Fsp3) is 0.621. The summed E-state index contributed by atoms with van der Waals surface area (Å²) in [5.74, 6) is 4.34. The third-order valence-corrected chi connectivity index (χ3v) is 9.98. The highest BCUT2D eigenvalue weighted by Gasteiger charge is 2.63. The number of carbonyl (C=O) groups excluding carboxylic acids is 1. The average molecular weight is 476 g/mol. The number of fused-ring (bicyclic) bond motifs is 5. The minimum absolute atomic E-state index is 0.0852. The van der Waals surface area contributed by atoms with Crippen LogP contribution in [0.4, 0.5) is 0 Å². The number of pyridine rings is 1. The number of carbonyl (C=O) groups is 1. The first kappa shape index (κ1) is 24.1. The predicted molar refractivity (Wildman–Crippen MR) is 135 cm³/mol. The summed E-state index contributed by atoms with van der Waals surface area (Å²) in [5, 5.41) is 18.3. The van der Waals surface area contributed by atoms with Crippen molar-refractivity contribution in [2.45, 2.75) is 77.4 Å². The highest BCUT2D eigenvalue weighted by atomic mass is 16.6. The normalized spacial score (nSPS) is 39.0. The van der Waals surface area contributed by atoms with Crippen LogP contribution in [-0.4, -0.2) is 33.9 Å². The van der Waals surface area contributed by atoms with Crippen LogP contribution in [-0.2, 0) is 16.2 Å². The zero-order chi connectivity index (χ0) is 24.7. The van der Waals surface area contributed by atoms with Gasteiger partial charge in [0.1, 0.15) is 5.60 Å². The third-order valence-electron chi connectivity index (χ3n) is 9.98. The highest BCUT2D eigenvalue weighted by Crippen LogP contribution is 2.67. The summed E-state index contributed by atoms with van der Waals surface area (Å²) in [7, 11) is 0. The fourth-order valence-corrected chi connectivity index (χ4v) is 7.82. The van der Waals surface area contributed by atoms with Crippen molar-refractivity contribution in [3.63, 3.8) is 0 Å². The molecule has 3 saturated carbocycles. The highest BCUT2D eigenvalue weighted by molar-refractivity contribution is 5.96. The number of allylic oxidation sites excluding steroid dienone is 2. The van der Waals surface area contributed by atoms with Gasteiger partial charge in [-0.1, -0.05) is 30.5 Å². The number of hydrogen-bond acceptors (Lipinski definition) is 5. The van der Waals surface area contributed by atoms with Crippen LogP contribution in [0, 0.1) is 40.9 Å². The molecule has 6 heteroatoms. The van der Waals surface area contributed by atoms with Gasteiger partial charge in [0, 0.05) is 24.4 Å². The number of nitrogens with one attached hydrogen (secondary N) is 1. The van der Waals surface area contributed by atoms with E-state index >= 15 is 0 Å². The van der Waals surface area contributed by atoms with E-state index in [1.54, 1.807) is 12.4 Å². The molecule has 6 atom stereocenters. The maximum Gasteiger partial charge on any atom is 0.261 e. The molecule has 35 heavy (non-hydrogen) atoms. The Hall–Kier alpha value is -2.65. The van der Waals surface area contributed by atoms with Crippen molar-refractivity contribution in [1.29, 1.82) is 0 Å². The van der Waals surface area contributed by atoms with Crippen LogP contribution in [0.2, 0.25) is 0 Å². The van der Waals surface area contributed by atoms with Crippen molar-refractivity contribution in [2.75, 3.05) is 6.61 Å². The predicted octanol–water partition coefficient (Wildman–Crippen LogP) is 4.40. The van der Waals surface area contributed by atoms with Gasteiger partial charge in [-0.25, -0.2) is 0 Å². The van der Waals surface area contributed by atoms with Gasteiger partial charge in [-0.15, -0.1) is 6.42 Å². The van der Waals surface area contributed by atoms with Crippen molar-refractivity contribution < 1.29 is 14.7 Å². The van der Waals surface area contributed by atoms with Crippen LogP contribution >= 0.6 is 0 Å². The van der Waals surface area contributed by atoms with E-state index in [0.717, 1.165) is 62.6 Å². The van der Waals surface area contributed by atoms with Gasteiger partial charge in [-0.3, -0.25) is 9.78 Å². The molecule has 4 aliphatic carbocycles. The van der Waals surface area contributed by atoms with Crippen molar-refractivity contribution >= 4 is 11.6 Å². The van der Waals surface area contributed by atoms with Crippen molar-refractivity contribution in [1.82, 2.24) is 10.3 Å². The Labute approximate surface area is 208 Å². The molecular weight excluding hydrogens is 438 g/mol. The molecule has 0 saturated heterocycles. The number of oxime groups is 1. The average Bonchev–Trinajstić information content (AvgIpc) is 3.14. The first-order valence-electron chi connectivity index (χ1n) is 13.0. The van der Waals surface area contributed by atoms with Gasteiger partial charge in [0.05, 0.1) is 5.71 Å². The van der Waals surface area contributed by atoms with Gasteiger partial charge >= 0.3 is 0 Å². The van der Waals surface area contributed by atoms with Crippen molar-refractivity contribution in [3.8, 4) is 12.3 Å². The van der Waals surface area contributed by atoms with E-state index in [0.29, 0.717) is 24.3 Å². The van der Waals surface area contributed by atoms with E-state index in [1.807, 2.05) is 12.1 Å². The second-order valence-corrected chi connectivity index (χ2v) is 11.5. The summed E-state index contributed by atoms with van der Waals surface area (Å²) in [6, 6.07) is 3.74. The first-order valence-corrected chi connectivity index (χ1v) is 13.0. The summed E-state index contributed by atoms with van der Waals surface area (Å²) in [4.78, 5) is 21.5. The molecule has 4 aliphatic rings. The molecule has 0 radical (unpaired) electrons. The van der Waals surface area contributed by atoms with E-state index < -0.39 is 5.60 Å². The van der Waals surface area contributed by atoms with Gasteiger partial charge < -0.3 is 15.3 Å². The molecule has 0 aromatic carbocycles. The summed E-state index contributed by atoms with van der Waals surface area (Å²) >= 11 is 0. The van der Waals surface area contributed by atoms with E-state index in [4.69, 9.17) is 11.3 Å². The Morgan fingerprint density at radius 2 is 1.97 bits per heavy atom. The monoisotopic (exact) mass is 475 g/mol. The Morgan fingerprint density at radius 3 is 2.74 bits per heavy atom. The van der Waals surface area contributed by atoms with Crippen LogP contribution in [0.15, 0.2) is 41.3 Å². The molecule has 1 aromatic rings. The smallest absolute Gasteiger partial charge is 0.261 e. The largest absolute Gasteiger partial charge is 0.385 e. The van der Waals surface area contributed by atoms with Crippen LogP contribution < -0.4 is 5.32 Å². The van der Waals surface area contributed by atoms with E-state index in [-0.39, 0.29) is 23.3 Å². The molecule has 0 bridgehead atoms. The van der Waals surface area contributed by atoms with Crippen LogP contribution in [0.5, 0.6) is 0 Å². The SMILES string of the molecule is C#CC1(O)CCC2C3CCC4=CC(=NOCC(=O)NCc5ccncc5)CCC4(C)C3CCC21C. The molecule has 1 amide bonds. The quantitative estimate of drug-likeness (QED) is 0.488.